The van der Waals surface area contributed by atoms with E-state index in [4.69, 9.17) is 0 Å². The molecule has 0 aromatic heterocycles. The van der Waals surface area contributed by atoms with E-state index in [0.717, 1.165) is 13.0 Å². The summed E-state index contributed by atoms with van der Waals surface area (Å²) in [7, 11) is 0. The Morgan fingerprint density at radius 2 is 2.15 bits per heavy atom. The van der Waals surface area contributed by atoms with Crippen LogP contribution in [-0.2, 0) is 0 Å². The molecule has 1 rings (SSSR count). The zero-order valence-corrected chi connectivity index (χ0v) is 7.69. The Morgan fingerprint density at radius 1 is 1.46 bits per heavy atom. The molecule has 78 valence electrons. The van der Waals surface area contributed by atoms with Gasteiger partial charge in [-0.05, 0) is 13.0 Å². The largest absolute Gasteiger partial charge is 0.401 e. The van der Waals surface area contributed by atoms with E-state index in [1.54, 1.807) is 0 Å². The van der Waals surface area contributed by atoms with Crippen molar-refractivity contribution in [3.63, 3.8) is 0 Å². The Hall–Kier alpha value is -0.290. The molecule has 0 radical (unpaired) electrons. The summed E-state index contributed by atoms with van der Waals surface area (Å²) >= 11 is 0. The van der Waals surface area contributed by atoms with Crippen LogP contribution >= 0.6 is 0 Å². The van der Waals surface area contributed by atoms with E-state index >= 15 is 0 Å². The molecule has 0 amide bonds. The molecule has 13 heavy (non-hydrogen) atoms. The van der Waals surface area contributed by atoms with Crippen molar-refractivity contribution in [1.82, 2.24) is 10.2 Å². The maximum absolute atomic E-state index is 12.0. The summed E-state index contributed by atoms with van der Waals surface area (Å²) in [6.45, 7) is 3.09. The van der Waals surface area contributed by atoms with Gasteiger partial charge < -0.3 is 5.32 Å². The first-order valence-corrected chi connectivity index (χ1v) is 4.54. The molecule has 0 aromatic carbocycles. The van der Waals surface area contributed by atoms with E-state index in [1.807, 2.05) is 6.92 Å². The Balaban J connectivity index is 2.25. The normalized spacial score (nSPS) is 25.4. The molecule has 1 N–H and O–H groups in total. The highest BCUT2D eigenvalue weighted by Crippen LogP contribution is 2.19. The molecular weight excluding hydrogens is 181 g/mol. The summed E-state index contributed by atoms with van der Waals surface area (Å²) in [4.78, 5) is 1.45. The van der Waals surface area contributed by atoms with Gasteiger partial charge in [-0.3, -0.25) is 4.90 Å². The zero-order valence-electron chi connectivity index (χ0n) is 7.69. The van der Waals surface area contributed by atoms with Crippen LogP contribution in [0.2, 0.25) is 0 Å². The number of nitrogens with zero attached hydrogens (tertiary/aromatic N) is 1. The summed E-state index contributed by atoms with van der Waals surface area (Å²) in [5.41, 5.74) is 0. The molecule has 0 saturated carbocycles. The van der Waals surface area contributed by atoms with Gasteiger partial charge in [-0.1, -0.05) is 6.92 Å². The summed E-state index contributed by atoms with van der Waals surface area (Å²) in [5.74, 6) is 0. The molecular formula is C8H15F3N2. The van der Waals surface area contributed by atoms with Crippen LogP contribution in [0.4, 0.5) is 13.2 Å². The Morgan fingerprint density at radius 3 is 2.69 bits per heavy atom. The predicted molar refractivity (Wildman–Crippen MR) is 44.6 cm³/mol. The highest BCUT2D eigenvalue weighted by atomic mass is 19.4. The second-order valence-corrected chi connectivity index (χ2v) is 3.39. The third-order valence-corrected chi connectivity index (χ3v) is 2.17. The quantitative estimate of drug-likeness (QED) is 0.730. The van der Waals surface area contributed by atoms with Crippen LogP contribution in [-0.4, -0.2) is 43.3 Å². The lowest BCUT2D eigenvalue weighted by atomic mass is 10.3. The molecule has 1 aliphatic rings. The topological polar surface area (TPSA) is 15.3 Å². The molecule has 1 atom stereocenters. The number of likely N-dealkylation sites (N-methyl/N-ethyl adjacent to an activating group) is 1. The zero-order chi connectivity index (χ0) is 9.90. The van der Waals surface area contributed by atoms with E-state index in [1.165, 1.54) is 4.90 Å². The van der Waals surface area contributed by atoms with Crippen molar-refractivity contribution in [2.45, 2.75) is 25.6 Å². The van der Waals surface area contributed by atoms with Crippen molar-refractivity contribution in [3.05, 3.63) is 0 Å². The van der Waals surface area contributed by atoms with Crippen LogP contribution in [0.5, 0.6) is 0 Å². The lowest BCUT2D eigenvalue weighted by Gasteiger charge is -2.17. The Bertz CT molecular complexity index is 158. The van der Waals surface area contributed by atoms with Gasteiger partial charge in [0.2, 0.25) is 0 Å². The minimum atomic E-state index is -4.05. The third kappa shape index (κ3) is 3.95. The maximum atomic E-state index is 12.0. The number of hydrogen-bond donors (Lipinski definition) is 1. The monoisotopic (exact) mass is 196 g/mol. The van der Waals surface area contributed by atoms with Gasteiger partial charge in [-0.15, -0.1) is 0 Å². The molecule has 1 heterocycles. The summed E-state index contributed by atoms with van der Waals surface area (Å²) < 4.78 is 35.9. The number of likely N-dealkylation sites (tertiary alicyclic amines) is 1. The van der Waals surface area contributed by atoms with E-state index in [9.17, 15) is 13.2 Å². The van der Waals surface area contributed by atoms with Crippen molar-refractivity contribution in [2.75, 3.05) is 26.2 Å². The number of rotatable bonds is 3. The number of hydrogen-bond acceptors (Lipinski definition) is 2. The molecule has 2 nitrogen and oxygen atoms in total. The minimum absolute atomic E-state index is 0.243. The first kappa shape index (κ1) is 10.8. The van der Waals surface area contributed by atoms with Crippen LogP contribution in [0.25, 0.3) is 0 Å². The van der Waals surface area contributed by atoms with E-state index in [0.29, 0.717) is 13.1 Å². The summed E-state index contributed by atoms with van der Waals surface area (Å²) in [6, 6.07) is 0.243. The number of nitrogens with one attached hydrogen (secondary N) is 1. The lowest BCUT2D eigenvalue weighted by molar-refractivity contribution is -0.143. The molecule has 0 bridgehead atoms. The van der Waals surface area contributed by atoms with Crippen LogP contribution in [0, 0.1) is 0 Å². The third-order valence-electron chi connectivity index (χ3n) is 2.17. The van der Waals surface area contributed by atoms with Gasteiger partial charge in [0, 0.05) is 19.1 Å². The highest BCUT2D eigenvalue weighted by molar-refractivity contribution is 4.81. The van der Waals surface area contributed by atoms with Gasteiger partial charge in [-0.25, -0.2) is 0 Å². The van der Waals surface area contributed by atoms with Gasteiger partial charge in [0.25, 0.3) is 0 Å². The molecule has 0 spiro atoms. The minimum Gasteiger partial charge on any atom is -0.313 e. The van der Waals surface area contributed by atoms with Crippen LogP contribution in [0.1, 0.15) is 13.3 Å². The molecule has 1 fully saturated rings. The fourth-order valence-electron chi connectivity index (χ4n) is 1.69. The first-order valence-electron chi connectivity index (χ1n) is 4.54. The van der Waals surface area contributed by atoms with E-state index in [2.05, 4.69) is 5.32 Å². The SMILES string of the molecule is CCN[C@@H]1CCN(CC(F)(F)F)C1. The van der Waals surface area contributed by atoms with Gasteiger partial charge in [-0.2, -0.15) is 13.2 Å². The molecule has 0 unspecified atom stereocenters. The van der Waals surface area contributed by atoms with Crippen molar-refractivity contribution in [3.8, 4) is 0 Å². The molecule has 1 aliphatic heterocycles. The summed E-state index contributed by atoms with van der Waals surface area (Å²) in [6.07, 6.45) is -3.23. The van der Waals surface area contributed by atoms with Crippen molar-refractivity contribution in [1.29, 1.82) is 0 Å². The number of alkyl halides is 3. The lowest BCUT2D eigenvalue weighted by Crippen LogP contribution is -2.36. The second-order valence-electron chi connectivity index (χ2n) is 3.39. The fourth-order valence-corrected chi connectivity index (χ4v) is 1.69. The second kappa shape index (κ2) is 4.28. The van der Waals surface area contributed by atoms with Crippen LogP contribution in [0.15, 0.2) is 0 Å². The first-order chi connectivity index (χ1) is 6.01. The standard InChI is InChI=1S/C8H15F3N2/c1-2-12-7-3-4-13(5-7)6-8(9,10)11/h7,12H,2-6H2,1H3/t7-/m1/s1. The van der Waals surface area contributed by atoms with Crippen molar-refractivity contribution < 1.29 is 13.2 Å². The fraction of sp³-hybridized carbons (Fsp3) is 1.00. The Labute approximate surface area is 76.1 Å². The molecule has 1 saturated heterocycles. The van der Waals surface area contributed by atoms with Crippen LogP contribution < -0.4 is 5.32 Å². The molecule has 0 aromatic rings. The average Bonchev–Trinajstić information content (AvgIpc) is 2.33. The van der Waals surface area contributed by atoms with Gasteiger partial charge in [0.15, 0.2) is 0 Å². The van der Waals surface area contributed by atoms with E-state index < -0.39 is 12.7 Å². The molecule has 0 aliphatic carbocycles. The maximum Gasteiger partial charge on any atom is 0.401 e. The molecule has 5 heteroatoms. The highest BCUT2D eigenvalue weighted by Gasteiger charge is 2.33. The number of halogens is 3. The summed E-state index contributed by atoms with van der Waals surface area (Å²) in [5, 5.41) is 3.15. The van der Waals surface area contributed by atoms with Crippen molar-refractivity contribution >= 4 is 0 Å². The predicted octanol–water partition coefficient (Wildman–Crippen LogP) is 1.23. The average molecular weight is 196 g/mol. The van der Waals surface area contributed by atoms with Crippen LogP contribution in [0.3, 0.4) is 0 Å². The van der Waals surface area contributed by atoms with E-state index in [-0.39, 0.29) is 6.04 Å². The van der Waals surface area contributed by atoms with Gasteiger partial charge in [0.1, 0.15) is 0 Å². The van der Waals surface area contributed by atoms with Gasteiger partial charge in [0.05, 0.1) is 6.54 Å². The Kier molecular flexibility index (Phi) is 3.55. The van der Waals surface area contributed by atoms with Gasteiger partial charge >= 0.3 is 6.18 Å². The van der Waals surface area contributed by atoms with Crippen molar-refractivity contribution in [2.24, 2.45) is 0 Å². The smallest absolute Gasteiger partial charge is 0.313 e.